The second-order valence-corrected chi connectivity index (χ2v) is 7.01. The van der Waals surface area contributed by atoms with Crippen molar-refractivity contribution in [3.05, 3.63) is 81.9 Å². The zero-order chi connectivity index (χ0) is 22.0. The van der Waals surface area contributed by atoms with E-state index in [1.54, 1.807) is 0 Å². The summed E-state index contributed by atoms with van der Waals surface area (Å²) in [6, 6.07) is 14.0. The number of nitrogens with zero attached hydrogens (tertiary/aromatic N) is 4. The van der Waals surface area contributed by atoms with Crippen molar-refractivity contribution >= 4 is 11.6 Å². The Bertz CT molecular complexity index is 1310. The maximum absolute atomic E-state index is 13.1. The number of rotatable bonds is 5. The molecule has 0 aliphatic carbocycles. The van der Waals surface area contributed by atoms with Gasteiger partial charge in [-0.1, -0.05) is 22.9 Å². The van der Waals surface area contributed by atoms with E-state index in [1.807, 2.05) is 32.0 Å². The number of benzene rings is 2. The molecule has 2 heterocycles. The lowest BCUT2D eigenvalue weighted by Crippen LogP contribution is -2.29. The van der Waals surface area contributed by atoms with Crippen LogP contribution in [0.2, 0.25) is 0 Å². The minimum absolute atomic E-state index is 0.0721. The lowest BCUT2D eigenvalue weighted by atomic mass is 10.1. The third-order valence-electron chi connectivity index (χ3n) is 4.56. The Balaban J connectivity index is 1.54. The first-order valence-corrected chi connectivity index (χ1v) is 9.44. The average Bonchev–Trinajstić information content (AvgIpc) is 3.22. The third-order valence-corrected chi connectivity index (χ3v) is 4.56. The van der Waals surface area contributed by atoms with Gasteiger partial charge in [0.15, 0.2) is 0 Å². The van der Waals surface area contributed by atoms with Gasteiger partial charge < -0.3 is 9.84 Å². The van der Waals surface area contributed by atoms with E-state index >= 15 is 0 Å². The smallest absolute Gasteiger partial charge is 0.278 e. The van der Waals surface area contributed by atoms with Crippen molar-refractivity contribution in [2.75, 3.05) is 5.32 Å². The Morgan fingerprint density at radius 1 is 1.10 bits per heavy atom. The highest BCUT2D eigenvalue weighted by atomic mass is 19.1. The largest absolute Gasteiger partial charge is 0.332 e. The first-order chi connectivity index (χ1) is 14.9. The van der Waals surface area contributed by atoms with Crippen molar-refractivity contribution in [1.82, 2.24) is 19.9 Å². The van der Waals surface area contributed by atoms with Gasteiger partial charge in [0, 0.05) is 17.3 Å². The maximum atomic E-state index is 13.1. The van der Waals surface area contributed by atoms with Gasteiger partial charge in [-0.2, -0.15) is 10.1 Å². The van der Waals surface area contributed by atoms with Crippen LogP contribution in [0.25, 0.3) is 23.0 Å². The van der Waals surface area contributed by atoms with E-state index in [0.29, 0.717) is 11.3 Å². The fraction of sp³-hybridized carbons (Fsp3) is 0.136. The quantitative estimate of drug-likeness (QED) is 0.532. The molecule has 2 aromatic carbocycles. The van der Waals surface area contributed by atoms with Crippen LogP contribution < -0.4 is 10.9 Å². The summed E-state index contributed by atoms with van der Waals surface area (Å²) >= 11 is 0. The number of amides is 1. The zero-order valence-corrected chi connectivity index (χ0v) is 16.8. The second-order valence-electron chi connectivity index (χ2n) is 7.01. The van der Waals surface area contributed by atoms with Crippen LogP contribution in [0.5, 0.6) is 0 Å². The predicted molar refractivity (Wildman–Crippen MR) is 112 cm³/mol. The van der Waals surface area contributed by atoms with Crippen molar-refractivity contribution in [3.63, 3.8) is 0 Å². The zero-order valence-electron chi connectivity index (χ0n) is 16.8. The highest BCUT2D eigenvalue weighted by Crippen LogP contribution is 2.20. The summed E-state index contributed by atoms with van der Waals surface area (Å²) in [5.74, 6) is -0.443. The minimum atomic E-state index is -0.446. The van der Waals surface area contributed by atoms with Gasteiger partial charge in [0.2, 0.25) is 11.7 Å². The van der Waals surface area contributed by atoms with Gasteiger partial charge in [-0.05, 0) is 55.8 Å². The number of halogens is 1. The Morgan fingerprint density at radius 3 is 2.61 bits per heavy atom. The van der Waals surface area contributed by atoms with Crippen LogP contribution >= 0.6 is 0 Å². The summed E-state index contributed by atoms with van der Waals surface area (Å²) in [6.45, 7) is 3.58. The molecule has 0 spiro atoms. The first-order valence-electron chi connectivity index (χ1n) is 9.44. The molecular formula is C22H18FN5O3. The van der Waals surface area contributed by atoms with Gasteiger partial charge in [0.1, 0.15) is 18.1 Å². The highest BCUT2D eigenvalue weighted by Gasteiger charge is 2.15. The molecule has 0 fully saturated rings. The van der Waals surface area contributed by atoms with E-state index in [2.05, 4.69) is 20.6 Å². The summed E-state index contributed by atoms with van der Waals surface area (Å²) in [6.07, 6.45) is 0. The molecule has 2 aromatic heterocycles. The Labute approximate surface area is 176 Å². The molecule has 1 N–H and O–H groups in total. The second kappa shape index (κ2) is 8.31. The molecular weight excluding hydrogens is 401 g/mol. The lowest BCUT2D eigenvalue weighted by Gasteiger charge is -2.10. The molecule has 0 saturated heterocycles. The molecule has 0 aliphatic heterocycles. The number of carbonyl (C=O) groups excluding carboxylic acids is 1. The van der Waals surface area contributed by atoms with Crippen LogP contribution in [0.4, 0.5) is 10.1 Å². The Kier molecular flexibility index (Phi) is 5.40. The lowest BCUT2D eigenvalue weighted by molar-refractivity contribution is -0.117. The Hall–Kier alpha value is -4.14. The molecule has 0 atom stereocenters. The van der Waals surface area contributed by atoms with Crippen LogP contribution in [-0.2, 0) is 11.3 Å². The molecule has 8 nitrogen and oxygen atoms in total. The van der Waals surface area contributed by atoms with E-state index in [-0.39, 0.29) is 29.8 Å². The molecule has 0 saturated carbocycles. The van der Waals surface area contributed by atoms with Crippen molar-refractivity contribution in [3.8, 4) is 23.0 Å². The molecule has 0 unspecified atom stereocenters. The van der Waals surface area contributed by atoms with Crippen LogP contribution in [-0.4, -0.2) is 25.8 Å². The number of anilines is 1. The highest BCUT2D eigenvalue weighted by molar-refractivity contribution is 5.91. The summed E-state index contributed by atoms with van der Waals surface area (Å²) in [5.41, 5.74) is 3.03. The summed E-state index contributed by atoms with van der Waals surface area (Å²) in [7, 11) is 0. The van der Waals surface area contributed by atoms with E-state index in [4.69, 9.17) is 4.52 Å². The van der Waals surface area contributed by atoms with Gasteiger partial charge >= 0.3 is 0 Å². The molecule has 0 aliphatic rings. The van der Waals surface area contributed by atoms with Gasteiger partial charge in [-0.15, -0.1) is 0 Å². The normalized spacial score (nSPS) is 10.8. The third kappa shape index (κ3) is 4.55. The summed E-state index contributed by atoms with van der Waals surface area (Å²) < 4.78 is 19.3. The fourth-order valence-corrected chi connectivity index (χ4v) is 3.00. The number of aromatic nitrogens is 4. The van der Waals surface area contributed by atoms with Crippen LogP contribution in [0.1, 0.15) is 11.1 Å². The molecule has 31 heavy (non-hydrogen) atoms. The van der Waals surface area contributed by atoms with E-state index in [1.165, 1.54) is 36.4 Å². The van der Waals surface area contributed by atoms with Crippen molar-refractivity contribution < 1.29 is 13.7 Å². The van der Waals surface area contributed by atoms with Crippen LogP contribution in [0.15, 0.2) is 63.9 Å². The van der Waals surface area contributed by atoms with E-state index < -0.39 is 11.5 Å². The predicted octanol–water partition coefficient (Wildman–Crippen LogP) is 3.35. The molecule has 4 rings (SSSR count). The van der Waals surface area contributed by atoms with Crippen molar-refractivity contribution in [2.24, 2.45) is 0 Å². The number of aryl methyl sites for hydroxylation is 2. The molecule has 4 aromatic rings. The first kappa shape index (κ1) is 20.1. The molecule has 156 valence electrons. The number of hydrogen-bond donors (Lipinski definition) is 1. The van der Waals surface area contributed by atoms with E-state index in [9.17, 15) is 14.0 Å². The van der Waals surface area contributed by atoms with Crippen molar-refractivity contribution in [1.29, 1.82) is 0 Å². The van der Waals surface area contributed by atoms with Crippen LogP contribution in [0, 0.1) is 19.7 Å². The number of carbonyl (C=O) groups is 1. The fourth-order valence-electron chi connectivity index (χ4n) is 3.00. The summed E-state index contributed by atoms with van der Waals surface area (Å²) in [4.78, 5) is 28.9. The Morgan fingerprint density at radius 2 is 1.87 bits per heavy atom. The van der Waals surface area contributed by atoms with Gasteiger partial charge in [-0.25, -0.2) is 9.07 Å². The van der Waals surface area contributed by atoms with Gasteiger partial charge in [-0.3, -0.25) is 9.59 Å². The average molecular weight is 419 g/mol. The van der Waals surface area contributed by atoms with Gasteiger partial charge in [0.05, 0.1) is 0 Å². The molecule has 0 radical (unpaired) electrons. The summed E-state index contributed by atoms with van der Waals surface area (Å²) in [5, 5.41) is 10.8. The van der Waals surface area contributed by atoms with Crippen LogP contribution in [0.3, 0.4) is 0 Å². The molecule has 1 amide bonds. The standard InChI is InChI=1S/C22H18FN5O3/c1-13-3-8-17(14(2)11-13)24-19(29)12-28-20(30)10-9-18(26-28)22-25-21(27-31-22)15-4-6-16(23)7-5-15/h3-11H,12H2,1-2H3,(H,24,29). The number of nitrogens with one attached hydrogen (secondary N) is 1. The minimum Gasteiger partial charge on any atom is -0.332 e. The topological polar surface area (TPSA) is 103 Å². The SMILES string of the molecule is Cc1ccc(NC(=O)Cn2nc(-c3nc(-c4ccc(F)cc4)no3)ccc2=O)c(C)c1. The maximum Gasteiger partial charge on any atom is 0.278 e. The monoisotopic (exact) mass is 419 g/mol. The van der Waals surface area contributed by atoms with Gasteiger partial charge in [0.25, 0.3) is 11.4 Å². The van der Waals surface area contributed by atoms with Crippen molar-refractivity contribution in [2.45, 2.75) is 20.4 Å². The van der Waals surface area contributed by atoms with E-state index in [0.717, 1.165) is 15.8 Å². The molecule has 9 heteroatoms. The molecule has 0 bridgehead atoms. The number of hydrogen-bond acceptors (Lipinski definition) is 6.